The molecule has 15 heavy (non-hydrogen) atoms. The van der Waals surface area contributed by atoms with Gasteiger partial charge in [0.2, 0.25) is 0 Å². The first kappa shape index (κ1) is 9.92. The maximum Gasteiger partial charge on any atom is 0.338 e. The van der Waals surface area contributed by atoms with Crippen molar-refractivity contribution < 1.29 is 0 Å². The van der Waals surface area contributed by atoms with Gasteiger partial charge in [0, 0.05) is 11.5 Å². The number of aromatic nitrogens is 2. The van der Waals surface area contributed by atoms with Gasteiger partial charge >= 0.3 is 10.6 Å². The highest BCUT2D eigenvalue weighted by atomic mass is 32.1. The van der Waals surface area contributed by atoms with Crippen LogP contribution in [0, 0.1) is 6.92 Å². The van der Waals surface area contributed by atoms with E-state index in [2.05, 4.69) is 4.98 Å². The number of aromatic amines is 1. The van der Waals surface area contributed by atoms with Crippen molar-refractivity contribution in [2.75, 3.05) is 0 Å². The van der Waals surface area contributed by atoms with E-state index < -0.39 is 0 Å². The van der Waals surface area contributed by atoms with Crippen LogP contribution in [-0.2, 0) is 6.54 Å². The van der Waals surface area contributed by atoms with Gasteiger partial charge in [-0.25, -0.2) is 8.75 Å². The van der Waals surface area contributed by atoms with Gasteiger partial charge in [0.1, 0.15) is 0 Å². The van der Waals surface area contributed by atoms with Crippen LogP contribution in [0.3, 0.4) is 0 Å². The molecule has 4 nitrogen and oxygen atoms in total. The monoisotopic (exact) mass is 222 g/mol. The first-order valence-corrected chi connectivity index (χ1v) is 5.28. The summed E-state index contributed by atoms with van der Waals surface area (Å²) in [6.45, 7) is 2.45. The molecule has 5 heteroatoms. The summed E-state index contributed by atoms with van der Waals surface area (Å²) in [6.07, 6.45) is 0. The lowest BCUT2D eigenvalue weighted by molar-refractivity contribution is 0.821. The Kier molecular flexibility index (Phi) is 2.55. The molecule has 0 bridgehead atoms. The van der Waals surface area contributed by atoms with Gasteiger partial charge < -0.3 is 0 Å². The lowest BCUT2D eigenvalue weighted by Gasteiger charge is -2.00. The fraction of sp³-hybridized carbons (Fsp3) is 0.200. The molecule has 2 aromatic rings. The first-order chi connectivity index (χ1) is 7.15. The van der Waals surface area contributed by atoms with E-state index in [4.69, 9.17) is 0 Å². The highest BCUT2D eigenvalue weighted by Crippen LogP contribution is 2.04. The Bertz CT molecular complexity index is 562. The van der Waals surface area contributed by atoms with Gasteiger partial charge in [-0.1, -0.05) is 29.8 Å². The van der Waals surface area contributed by atoms with Crippen LogP contribution in [0.5, 0.6) is 0 Å². The molecule has 1 aromatic heterocycles. The highest BCUT2D eigenvalue weighted by molar-refractivity contribution is 7.03. The summed E-state index contributed by atoms with van der Waals surface area (Å²) in [4.78, 5) is 24.0. The fourth-order valence-electron chi connectivity index (χ4n) is 1.28. The predicted molar refractivity (Wildman–Crippen MR) is 59.5 cm³/mol. The Labute approximate surface area is 90.0 Å². The number of benzene rings is 1. The topological polar surface area (TPSA) is 54.9 Å². The van der Waals surface area contributed by atoms with E-state index in [0.717, 1.165) is 17.1 Å². The second-order valence-electron chi connectivity index (χ2n) is 3.33. The molecule has 0 fully saturated rings. The van der Waals surface area contributed by atoms with Gasteiger partial charge in [0.15, 0.2) is 0 Å². The van der Waals surface area contributed by atoms with Crippen LogP contribution in [0.2, 0.25) is 0 Å². The molecule has 0 saturated carbocycles. The summed E-state index contributed by atoms with van der Waals surface area (Å²) in [6, 6.07) is 7.86. The minimum atomic E-state index is -0.342. The third-order valence-electron chi connectivity index (χ3n) is 2.08. The summed E-state index contributed by atoms with van der Waals surface area (Å²) in [5.74, 6) is 0. The van der Waals surface area contributed by atoms with E-state index in [1.807, 2.05) is 31.2 Å². The molecule has 0 atom stereocenters. The first-order valence-electron chi connectivity index (χ1n) is 4.51. The van der Waals surface area contributed by atoms with Gasteiger partial charge in [-0.05, 0) is 12.5 Å². The van der Waals surface area contributed by atoms with Crippen LogP contribution in [0.25, 0.3) is 0 Å². The van der Waals surface area contributed by atoms with Crippen LogP contribution in [0.15, 0.2) is 33.9 Å². The molecule has 0 aliphatic carbocycles. The Morgan fingerprint density at radius 2 is 1.93 bits per heavy atom. The van der Waals surface area contributed by atoms with Gasteiger partial charge in [-0.3, -0.25) is 9.78 Å². The van der Waals surface area contributed by atoms with Crippen LogP contribution in [0.1, 0.15) is 11.1 Å². The summed E-state index contributed by atoms with van der Waals surface area (Å²) in [5.41, 5.74) is 1.84. The third kappa shape index (κ3) is 2.24. The number of nitrogens with one attached hydrogen (secondary N) is 1. The van der Waals surface area contributed by atoms with Crippen molar-refractivity contribution in [3.63, 3.8) is 0 Å². The maximum absolute atomic E-state index is 11.2. The Morgan fingerprint density at radius 1 is 1.27 bits per heavy atom. The molecule has 1 N–H and O–H groups in total. The lowest BCUT2D eigenvalue weighted by atomic mass is 10.1. The molecule has 2 rings (SSSR count). The van der Waals surface area contributed by atoms with E-state index in [-0.39, 0.29) is 10.6 Å². The second-order valence-corrected chi connectivity index (χ2v) is 4.33. The van der Waals surface area contributed by atoms with Gasteiger partial charge in [0.05, 0.1) is 6.54 Å². The molecule has 0 unspecified atom stereocenters. The van der Waals surface area contributed by atoms with Gasteiger partial charge in [-0.15, -0.1) is 0 Å². The maximum atomic E-state index is 11.2. The average molecular weight is 222 g/mol. The SMILES string of the molecule is Cc1ccc(Cn2sc(=O)[nH]c2=O)cc1. The fourth-order valence-corrected chi connectivity index (χ4v) is 1.95. The smallest absolute Gasteiger partial charge is 0.263 e. The zero-order valence-electron chi connectivity index (χ0n) is 8.19. The van der Waals surface area contributed by atoms with Gasteiger partial charge in [0.25, 0.3) is 0 Å². The zero-order valence-corrected chi connectivity index (χ0v) is 9.00. The molecule has 0 saturated heterocycles. The molecule has 0 aliphatic rings. The molecule has 0 spiro atoms. The number of nitrogens with zero attached hydrogens (tertiary/aromatic N) is 1. The number of rotatable bonds is 2. The number of H-pyrrole nitrogens is 1. The summed E-state index contributed by atoms with van der Waals surface area (Å²) >= 11 is 0.906. The molecule has 0 aliphatic heterocycles. The molecule has 78 valence electrons. The molecule has 1 aromatic carbocycles. The van der Waals surface area contributed by atoms with E-state index >= 15 is 0 Å². The number of hydrogen-bond donors (Lipinski definition) is 1. The van der Waals surface area contributed by atoms with Crippen LogP contribution in [-0.4, -0.2) is 8.94 Å². The van der Waals surface area contributed by atoms with Crippen molar-refractivity contribution in [3.8, 4) is 0 Å². The summed E-state index contributed by atoms with van der Waals surface area (Å²) in [7, 11) is 0. The zero-order chi connectivity index (χ0) is 10.8. The number of aryl methyl sites for hydroxylation is 1. The van der Waals surface area contributed by atoms with E-state index in [9.17, 15) is 9.59 Å². The van der Waals surface area contributed by atoms with Gasteiger partial charge in [-0.2, -0.15) is 0 Å². The Balaban J connectivity index is 2.29. The van der Waals surface area contributed by atoms with Crippen LogP contribution < -0.4 is 10.6 Å². The van der Waals surface area contributed by atoms with Crippen molar-refractivity contribution in [3.05, 3.63) is 55.5 Å². The highest BCUT2D eigenvalue weighted by Gasteiger charge is 2.01. The van der Waals surface area contributed by atoms with E-state index in [1.165, 1.54) is 9.52 Å². The van der Waals surface area contributed by atoms with E-state index in [0.29, 0.717) is 6.54 Å². The lowest BCUT2D eigenvalue weighted by Crippen LogP contribution is -2.16. The van der Waals surface area contributed by atoms with Crippen molar-refractivity contribution in [1.29, 1.82) is 0 Å². The normalized spacial score (nSPS) is 10.5. The van der Waals surface area contributed by atoms with Crippen molar-refractivity contribution in [2.24, 2.45) is 0 Å². The predicted octanol–water partition coefficient (Wildman–Crippen LogP) is 0.955. The Morgan fingerprint density at radius 3 is 2.47 bits per heavy atom. The molecular formula is C10H10N2O2S. The average Bonchev–Trinajstić information content (AvgIpc) is 2.49. The molecule has 0 amide bonds. The molecule has 1 heterocycles. The molecular weight excluding hydrogens is 212 g/mol. The summed E-state index contributed by atoms with van der Waals surface area (Å²) < 4.78 is 1.41. The second kappa shape index (κ2) is 3.86. The van der Waals surface area contributed by atoms with Crippen molar-refractivity contribution in [1.82, 2.24) is 8.94 Å². The van der Waals surface area contributed by atoms with Crippen molar-refractivity contribution >= 4 is 11.5 Å². The minimum absolute atomic E-state index is 0.313. The number of hydrogen-bond acceptors (Lipinski definition) is 3. The molecule has 0 radical (unpaired) electrons. The summed E-state index contributed by atoms with van der Waals surface area (Å²) in [5, 5.41) is 0. The van der Waals surface area contributed by atoms with Crippen LogP contribution in [0.4, 0.5) is 0 Å². The van der Waals surface area contributed by atoms with E-state index in [1.54, 1.807) is 0 Å². The third-order valence-corrected chi connectivity index (χ3v) is 2.86. The van der Waals surface area contributed by atoms with Crippen LogP contribution >= 0.6 is 11.5 Å². The standard InChI is InChI=1S/C10H10N2O2S/c1-7-2-4-8(5-3-7)6-12-9(13)11-10(14)15-12/h2-5H,6H2,1H3,(H,11,13,14). The largest absolute Gasteiger partial charge is 0.338 e. The Hall–Kier alpha value is -1.62. The quantitative estimate of drug-likeness (QED) is 0.822. The van der Waals surface area contributed by atoms with Crippen molar-refractivity contribution in [2.45, 2.75) is 13.5 Å². The minimum Gasteiger partial charge on any atom is -0.263 e.